The van der Waals surface area contributed by atoms with Crippen molar-refractivity contribution in [2.45, 2.75) is 12.2 Å². The summed E-state index contributed by atoms with van der Waals surface area (Å²) in [6, 6.07) is 0. The highest BCUT2D eigenvalue weighted by atomic mass is 32.1. The summed E-state index contributed by atoms with van der Waals surface area (Å²) >= 11 is 0.567. The molecule has 0 saturated heterocycles. The van der Waals surface area contributed by atoms with Gasteiger partial charge in [0.1, 0.15) is 17.3 Å². The van der Waals surface area contributed by atoms with Crippen LogP contribution < -0.4 is 5.73 Å². The SMILES string of the molecule is NC(=O)C(O)C(O)c1ncc([N+](=O)[O-])s1. The van der Waals surface area contributed by atoms with Gasteiger partial charge in [-0.2, -0.15) is 0 Å². The third-order valence-corrected chi connectivity index (χ3v) is 2.55. The lowest BCUT2D eigenvalue weighted by Gasteiger charge is -2.10. The third-order valence-electron chi connectivity index (χ3n) is 1.53. The van der Waals surface area contributed by atoms with Crippen molar-refractivity contribution < 1.29 is 19.9 Å². The molecule has 82 valence electrons. The van der Waals surface area contributed by atoms with Crippen molar-refractivity contribution in [3.8, 4) is 0 Å². The smallest absolute Gasteiger partial charge is 0.344 e. The topological polar surface area (TPSA) is 140 Å². The number of rotatable bonds is 4. The number of thiazole rings is 1. The first-order valence-corrected chi connectivity index (χ1v) is 4.50. The average molecular weight is 233 g/mol. The van der Waals surface area contributed by atoms with E-state index >= 15 is 0 Å². The zero-order valence-corrected chi connectivity index (χ0v) is 8.05. The van der Waals surface area contributed by atoms with E-state index in [0.29, 0.717) is 11.3 Å². The molecule has 1 aromatic heterocycles. The molecule has 0 aliphatic heterocycles. The first kappa shape index (κ1) is 11.5. The predicted octanol–water partition coefficient (Wildman–Crippen LogP) is -1.07. The molecule has 0 aromatic carbocycles. The van der Waals surface area contributed by atoms with Gasteiger partial charge in [0, 0.05) is 0 Å². The Morgan fingerprint density at radius 2 is 2.27 bits per heavy atom. The van der Waals surface area contributed by atoms with E-state index in [4.69, 9.17) is 10.8 Å². The zero-order valence-electron chi connectivity index (χ0n) is 7.23. The highest BCUT2D eigenvalue weighted by Gasteiger charge is 2.27. The third kappa shape index (κ3) is 2.46. The van der Waals surface area contributed by atoms with Crippen LogP contribution in [0.2, 0.25) is 0 Å². The summed E-state index contributed by atoms with van der Waals surface area (Å²) in [6.45, 7) is 0. The Kier molecular flexibility index (Phi) is 3.29. The van der Waals surface area contributed by atoms with E-state index in [2.05, 4.69) is 4.98 Å². The van der Waals surface area contributed by atoms with Gasteiger partial charge in [-0.05, 0) is 11.3 Å². The lowest BCUT2D eigenvalue weighted by atomic mass is 10.2. The summed E-state index contributed by atoms with van der Waals surface area (Å²) < 4.78 is 0. The summed E-state index contributed by atoms with van der Waals surface area (Å²) in [4.78, 5) is 23.6. The molecule has 1 rings (SSSR count). The van der Waals surface area contributed by atoms with E-state index in [1.807, 2.05) is 0 Å². The molecule has 1 amide bonds. The molecule has 0 saturated carbocycles. The van der Waals surface area contributed by atoms with Crippen LogP contribution in [0.4, 0.5) is 5.00 Å². The molecule has 0 aliphatic rings. The Morgan fingerprint density at radius 3 is 2.67 bits per heavy atom. The maximum absolute atomic E-state index is 10.5. The standard InChI is InChI=1S/C6H7N3O5S/c7-5(12)3(10)4(11)6-8-1-2(15-6)9(13)14/h1,3-4,10-11H,(H2,7,12). The summed E-state index contributed by atoms with van der Waals surface area (Å²) in [5.41, 5.74) is 4.73. The molecular formula is C6H7N3O5S. The van der Waals surface area contributed by atoms with Gasteiger partial charge in [0.2, 0.25) is 5.91 Å². The fourth-order valence-corrected chi connectivity index (χ4v) is 1.54. The van der Waals surface area contributed by atoms with Crippen molar-refractivity contribution in [2.24, 2.45) is 5.73 Å². The van der Waals surface area contributed by atoms with Gasteiger partial charge in [-0.1, -0.05) is 0 Å². The molecule has 0 fully saturated rings. The number of primary amides is 1. The minimum atomic E-state index is -1.82. The van der Waals surface area contributed by atoms with Gasteiger partial charge in [0.05, 0.1) is 4.92 Å². The number of nitrogens with zero attached hydrogens (tertiary/aromatic N) is 2. The number of carbonyl (C=O) groups is 1. The van der Waals surface area contributed by atoms with Crippen molar-refractivity contribution in [2.75, 3.05) is 0 Å². The molecule has 0 bridgehead atoms. The van der Waals surface area contributed by atoms with Gasteiger partial charge < -0.3 is 15.9 Å². The van der Waals surface area contributed by atoms with E-state index in [-0.39, 0.29) is 10.0 Å². The number of hydrogen-bond acceptors (Lipinski definition) is 7. The second-order valence-electron chi connectivity index (χ2n) is 2.59. The van der Waals surface area contributed by atoms with Gasteiger partial charge in [0.25, 0.3) is 0 Å². The molecule has 1 heterocycles. The van der Waals surface area contributed by atoms with E-state index < -0.39 is 23.0 Å². The number of amides is 1. The molecule has 8 nitrogen and oxygen atoms in total. The lowest BCUT2D eigenvalue weighted by Crippen LogP contribution is -2.33. The highest BCUT2D eigenvalue weighted by Crippen LogP contribution is 2.27. The van der Waals surface area contributed by atoms with Crippen LogP contribution in [0.25, 0.3) is 0 Å². The van der Waals surface area contributed by atoms with Crippen LogP contribution in [0.15, 0.2) is 6.20 Å². The second-order valence-corrected chi connectivity index (χ2v) is 3.63. The average Bonchev–Trinajstić information content (AvgIpc) is 2.64. The number of nitrogens with two attached hydrogens (primary N) is 1. The van der Waals surface area contributed by atoms with Crippen molar-refractivity contribution in [3.05, 3.63) is 21.3 Å². The Balaban J connectivity index is 2.87. The number of aliphatic hydroxyl groups excluding tert-OH is 2. The van der Waals surface area contributed by atoms with Crippen LogP contribution in [0.3, 0.4) is 0 Å². The molecule has 2 unspecified atom stereocenters. The second kappa shape index (κ2) is 4.29. The maximum atomic E-state index is 10.5. The van der Waals surface area contributed by atoms with Crippen LogP contribution in [0.5, 0.6) is 0 Å². The fraction of sp³-hybridized carbons (Fsp3) is 0.333. The van der Waals surface area contributed by atoms with Crippen LogP contribution >= 0.6 is 11.3 Å². The van der Waals surface area contributed by atoms with E-state index in [0.717, 1.165) is 6.20 Å². The molecule has 0 radical (unpaired) electrons. The molecule has 9 heteroatoms. The van der Waals surface area contributed by atoms with E-state index in [1.54, 1.807) is 0 Å². The summed E-state index contributed by atoms with van der Waals surface area (Å²) in [5.74, 6) is -1.12. The predicted molar refractivity (Wildman–Crippen MR) is 48.9 cm³/mol. The monoisotopic (exact) mass is 233 g/mol. The quantitative estimate of drug-likeness (QED) is 0.447. The number of aliphatic hydroxyl groups is 2. The number of hydrogen-bond donors (Lipinski definition) is 3. The van der Waals surface area contributed by atoms with Crippen LogP contribution in [0.1, 0.15) is 11.1 Å². The first-order chi connectivity index (χ1) is 6.93. The van der Waals surface area contributed by atoms with Crippen molar-refractivity contribution in [1.29, 1.82) is 0 Å². The Morgan fingerprint density at radius 1 is 1.67 bits per heavy atom. The normalized spacial score (nSPS) is 14.5. The van der Waals surface area contributed by atoms with Crippen molar-refractivity contribution >= 4 is 22.2 Å². The van der Waals surface area contributed by atoms with Gasteiger partial charge in [-0.3, -0.25) is 14.9 Å². The fourth-order valence-electron chi connectivity index (χ4n) is 0.790. The Hall–Kier alpha value is -1.58. The highest BCUT2D eigenvalue weighted by molar-refractivity contribution is 7.14. The Bertz CT molecular complexity index is 392. The number of nitro groups is 1. The van der Waals surface area contributed by atoms with Crippen molar-refractivity contribution in [1.82, 2.24) is 4.98 Å². The van der Waals surface area contributed by atoms with Crippen molar-refractivity contribution in [3.63, 3.8) is 0 Å². The van der Waals surface area contributed by atoms with Gasteiger partial charge >= 0.3 is 5.00 Å². The van der Waals surface area contributed by atoms with Gasteiger partial charge in [-0.15, -0.1) is 0 Å². The molecule has 4 N–H and O–H groups in total. The molecule has 2 atom stereocenters. The minimum Gasteiger partial charge on any atom is -0.383 e. The number of aromatic nitrogens is 1. The molecule has 0 aliphatic carbocycles. The summed E-state index contributed by atoms with van der Waals surface area (Å²) in [6.07, 6.45) is -2.53. The minimum absolute atomic E-state index is 0.131. The summed E-state index contributed by atoms with van der Waals surface area (Å²) in [5, 5.41) is 28.3. The molecule has 0 spiro atoms. The van der Waals surface area contributed by atoms with Crippen LogP contribution in [-0.2, 0) is 4.79 Å². The molecule has 1 aromatic rings. The first-order valence-electron chi connectivity index (χ1n) is 3.69. The van der Waals surface area contributed by atoms with Crippen LogP contribution in [-0.4, -0.2) is 32.1 Å². The maximum Gasteiger partial charge on any atom is 0.344 e. The van der Waals surface area contributed by atoms with E-state index in [1.165, 1.54) is 0 Å². The number of carbonyl (C=O) groups excluding carboxylic acids is 1. The summed E-state index contributed by atoms with van der Waals surface area (Å²) in [7, 11) is 0. The molecule has 15 heavy (non-hydrogen) atoms. The largest absolute Gasteiger partial charge is 0.383 e. The van der Waals surface area contributed by atoms with E-state index in [9.17, 15) is 20.0 Å². The van der Waals surface area contributed by atoms with Gasteiger partial charge in [-0.25, -0.2) is 4.98 Å². The van der Waals surface area contributed by atoms with Crippen LogP contribution in [0, 0.1) is 10.1 Å². The zero-order chi connectivity index (χ0) is 11.6. The molecular weight excluding hydrogens is 226 g/mol. The Labute approximate surface area is 87.1 Å². The lowest BCUT2D eigenvalue weighted by molar-refractivity contribution is -0.380. The van der Waals surface area contributed by atoms with Gasteiger partial charge in [0.15, 0.2) is 6.10 Å².